The highest BCUT2D eigenvalue weighted by molar-refractivity contribution is 5.78. The summed E-state index contributed by atoms with van der Waals surface area (Å²) in [6, 6.07) is 0.302. The van der Waals surface area contributed by atoms with Crippen molar-refractivity contribution in [1.29, 1.82) is 0 Å². The van der Waals surface area contributed by atoms with Crippen molar-refractivity contribution in [2.75, 3.05) is 26.2 Å². The number of ether oxygens (including phenoxy) is 1. The number of hydrogen-bond acceptors (Lipinski definition) is 3. The number of aliphatic imine (C=N–C) groups is 1. The monoisotopic (exact) mass is 270 g/mol. The first kappa shape index (κ1) is 15.6. The molecular formula is C13H26N4O2. The van der Waals surface area contributed by atoms with Crippen molar-refractivity contribution < 1.29 is 9.53 Å². The van der Waals surface area contributed by atoms with Gasteiger partial charge in [0.05, 0.1) is 6.61 Å². The van der Waals surface area contributed by atoms with E-state index in [-0.39, 0.29) is 6.09 Å². The summed E-state index contributed by atoms with van der Waals surface area (Å²) in [6.07, 6.45) is 3.72. The Labute approximate surface area is 115 Å². The van der Waals surface area contributed by atoms with Crippen LogP contribution < -0.4 is 11.1 Å². The van der Waals surface area contributed by atoms with Gasteiger partial charge < -0.3 is 20.7 Å². The highest BCUT2D eigenvalue weighted by atomic mass is 16.6. The van der Waals surface area contributed by atoms with Gasteiger partial charge in [-0.2, -0.15) is 0 Å². The van der Waals surface area contributed by atoms with Gasteiger partial charge in [0, 0.05) is 25.7 Å². The first-order valence-corrected chi connectivity index (χ1v) is 7.15. The third-order valence-corrected chi connectivity index (χ3v) is 3.17. The molecule has 1 aliphatic rings. The van der Waals surface area contributed by atoms with Crippen LogP contribution in [0.25, 0.3) is 0 Å². The Morgan fingerprint density at radius 2 is 2.11 bits per heavy atom. The highest BCUT2D eigenvalue weighted by Gasteiger charge is 2.23. The molecule has 6 nitrogen and oxygen atoms in total. The lowest BCUT2D eigenvalue weighted by atomic mass is 10.1. The molecule has 1 fully saturated rings. The summed E-state index contributed by atoms with van der Waals surface area (Å²) < 4.78 is 4.98. The molecule has 0 spiro atoms. The van der Waals surface area contributed by atoms with E-state index in [0.29, 0.717) is 31.7 Å². The van der Waals surface area contributed by atoms with Gasteiger partial charge >= 0.3 is 6.09 Å². The lowest BCUT2D eigenvalue weighted by Gasteiger charge is -2.31. The van der Waals surface area contributed by atoms with Crippen molar-refractivity contribution in [3.05, 3.63) is 0 Å². The van der Waals surface area contributed by atoms with E-state index < -0.39 is 0 Å². The Kier molecular flexibility index (Phi) is 7.07. The minimum atomic E-state index is -0.217. The number of nitrogens with zero attached hydrogens (tertiary/aromatic N) is 2. The Morgan fingerprint density at radius 3 is 2.68 bits per heavy atom. The van der Waals surface area contributed by atoms with Crippen LogP contribution >= 0.6 is 0 Å². The van der Waals surface area contributed by atoms with E-state index in [4.69, 9.17) is 10.5 Å². The molecule has 6 heteroatoms. The van der Waals surface area contributed by atoms with Gasteiger partial charge in [-0.15, -0.1) is 0 Å². The van der Waals surface area contributed by atoms with Gasteiger partial charge in [0.1, 0.15) is 0 Å². The Bertz CT molecular complexity index is 299. The molecule has 0 aromatic rings. The number of carbonyl (C=O) groups excluding carboxylic acids is 1. The zero-order chi connectivity index (χ0) is 14.1. The SMILES string of the molecule is CCCCN=C(N)NC1CCN(C(=O)OCC)CC1. The Balaban J connectivity index is 2.26. The summed E-state index contributed by atoms with van der Waals surface area (Å²) in [5, 5.41) is 3.22. The third-order valence-electron chi connectivity index (χ3n) is 3.17. The van der Waals surface area contributed by atoms with Crippen LogP contribution in [0, 0.1) is 0 Å². The van der Waals surface area contributed by atoms with Gasteiger partial charge in [0.15, 0.2) is 5.96 Å². The fourth-order valence-electron chi connectivity index (χ4n) is 2.03. The lowest BCUT2D eigenvalue weighted by Crippen LogP contribution is -2.48. The molecule has 110 valence electrons. The molecule has 0 aromatic carbocycles. The van der Waals surface area contributed by atoms with Gasteiger partial charge in [-0.25, -0.2) is 4.79 Å². The molecule has 1 rings (SSSR count). The van der Waals surface area contributed by atoms with E-state index in [1.54, 1.807) is 4.90 Å². The summed E-state index contributed by atoms with van der Waals surface area (Å²) in [4.78, 5) is 17.5. The van der Waals surface area contributed by atoms with Gasteiger partial charge in [-0.05, 0) is 26.2 Å². The van der Waals surface area contributed by atoms with Crippen LogP contribution in [0.2, 0.25) is 0 Å². The van der Waals surface area contributed by atoms with E-state index in [9.17, 15) is 4.79 Å². The number of nitrogens with two attached hydrogens (primary N) is 1. The molecule has 0 bridgehead atoms. The molecule has 0 atom stereocenters. The molecule has 1 heterocycles. The van der Waals surface area contributed by atoms with Crippen LogP contribution in [0.3, 0.4) is 0 Å². The fraction of sp³-hybridized carbons (Fsp3) is 0.846. The van der Waals surface area contributed by atoms with E-state index in [0.717, 1.165) is 32.2 Å². The topological polar surface area (TPSA) is 80.0 Å². The van der Waals surface area contributed by atoms with E-state index in [1.165, 1.54) is 0 Å². The summed E-state index contributed by atoms with van der Waals surface area (Å²) in [5.74, 6) is 0.517. The van der Waals surface area contributed by atoms with Crippen LogP contribution in [0.4, 0.5) is 4.79 Å². The number of amides is 1. The molecule has 0 aliphatic carbocycles. The average Bonchev–Trinajstić information content (AvgIpc) is 2.40. The quantitative estimate of drug-likeness (QED) is 0.448. The minimum Gasteiger partial charge on any atom is -0.450 e. The number of unbranched alkanes of at least 4 members (excludes halogenated alkanes) is 1. The summed E-state index contributed by atoms with van der Waals surface area (Å²) >= 11 is 0. The van der Waals surface area contributed by atoms with Crippen LogP contribution in [0.5, 0.6) is 0 Å². The second-order valence-electron chi connectivity index (χ2n) is 4.73. The highest BCUT2D eigenvalue weighted by Crippen LogP contribution is 2.11. The number of rotatable bonds is 5. The molecule has 0 saturated carbocycles. The smallest absolute Gasteiger partial charge is 0.409 e. The Hall–Kier alpha value is -1.46. The van der Waals surface area contributed by atoms with Crippen molar-refractivity contribution in [3.8, 4) is 0 Å². The predicted octanol–water partition coefficient (Wildman–Crippen LogP) is 1.31. The van der Waals surface area contributed by atoms with Crippen LogP contribution in [0.15, 0.2) is 4.99 Å². The molecule has 0 unspecified atom stereocenters. The van der Waals surface area contributed by atoms with Crippen molar-refractivity contribution in [2.24, 2.45) is 10.7 Å². The maximum Gasteiger partial charge on any atom is 0.409 e. The van der Waals surface area contributed by atoms with Gasteiger partial charge in [-0.1, -0.05) is 13.3 Å². The zero-order valence-electron chi connectivity index (χ0n) is 12.0. The zero-order valence-corrected chi connectivity index (χ0v) is 12.0. The molecule has 1 saturated heterocycles. The minimum absolute atomic E-state index is 0.217. The first-order chi connectivity index (χ1) is 9.17. The van der Waals surface area contributed by atoms with Crippen molar-refractivity contribution in [3.63, 3.8) is 0 Å². The second-order valence-corrected chi connectivity index (χ2v) is 4.73. The number of likely N-dealkylation sites (tertiary alicyclic amines) is 1. The maximum absolute atomic E-state index is 11.5. The van der Waals surface area contributed by atoms with E-state index in [2.05, 4.69) is 17.2 Å². The van der Waals surface area contributed by atoms with Gasteiger partial charge in [-0.3, -0.25) is 4.99 Å². The molecule has 0 aromatic heterocycles. The largest absolute Gasteiger partial charge is 0.450 e. The van der Waals surface area contributed by atoms with Gasteiger partial charge in [0.25, 0.3) is 0 Å². The third kappa shape index (κ3) is 5.81. The Morgan fingerprint density at radius 1 is 1.42 bits per heavy atom. The molecule has 1 aliphatic heterocycles. The first-order valence-electron chi connectivity index (χ1n) is 7.15. The number of nitrogens with one attached hydrogen (secondary N) is 1. The fourth-order valence-corrected chi connectivity index (χ4v) is 2.03. The van der Waals surface area contributed by atoms with Crippen molar-refractivity contribution >= 4 is 12.1 Å². The summed E-state index contributed by atoms with van der Waals surface area (Å²) in [6.45, 7) is 6.56. The predicted molar refractivity (Wildman–Crippen MR) is 76.2 cm³/mol. The standard InChI is InChI=1S/C13H26N4O2/c1-3-5-8-15-12(14)16-11-6-9-17(10-7-11)13(18)19-4-2/h11H,3-10H2,1-2H3,(H3,14,15,16). The number of carbonyl (C=O) groups is 1. The summed E-state index contributed by atoms with van der Waals surface area (Å²) in [5.41, 5.74) is 5.82. The lowest BCUT2D eigenvalue weighted by molar-refractivity contribution is 0.0963. The second kappa shape index (κ2) is 8.61. The number of guanidine groups is 1. The van der Waals surface area contributed by atoms with Crippen LogP contribution in [-0.2, 0) is 4.74 Å². The molecule has 0 radical (unpaired) electrons. The van der Waals surface area contributed by atoms with Crippen molar-refractivity contribution in [1.82, 2.24) is 10.2 Å². The molecule has 3 N–H and O–H groups in total. The van der Waals surface area contributed by atoms with E-state index >= 15 is 0 Å². The molecule has 1 amide bonds. The number of piperidine rings is 1. The van der Waals surface area contributed by atoms with Crippen LogP contribution in [-0.4, -0.2) is 49.2 Å². The number of hydrogen-bond donors (Lipinski definition) is 2. The molecular weight excluding hydrogens is 244 g/mol. The van der Waals surface area contributed by atoms with E-state index in [1.807, 2.05) is 6.92 Å². The van der Waals surface area contributed by atoms with Gasteiger partial charge in [0.2, 0.25) is 0 Å². The maximum atomic E-state index is 11.5. The van der Waals surface area contributed by atoms with Crippen molar-refractivity contribution in [2.45, 2.75) is 45.6 Å². The molecule has 19 heavy (non-hydrogen) atoms. The average molecular weight is 270 g/mol. The summed E-state index contributed by atoms with van der Waals surface area (Å²) in [7, 11) is 0. The van der Waals surface area contributed by atoms with Crippen LogP contribution in [0.1, 0.15) is 39.5 Å². The normalized spacial score (nSPS) is 17.4.